The molecule has 0 heterocycles. The van der Waals surface area contributed by atoms with Crippen molar-refractivity contribution in [2.75, 3.05) is 5.73 Å². The van der Waals surface area contributed by atoms with Crippen LogP contribution in [-0.2, 0) is 0 Å². The maximum atomic E-state index is 10.1. The summed E-state index contributed by atoms with van der Waals surface area (Å²) in [7, 11) is 0. The number of rotatable bonds is 4. The van der Waals surface area contributed by atoms with Crippen LogP contribution in [0.5, 0.6) is 0 Å². The first-order chi connectivity index (χ1) is 8.72. The zero-order valence-electron chi connectivity index (χ0n) is 10.6. The van der Waals surface area contributed by atoms with Crippen LogP contribution in [-0.4, -0.2) is 5.11 Å². The van der Waals surface area contributed by atoms with E-state index in [2.05, 4.69) is 19.1 Å². The van der Waals surface area contributed by atoms with Gasteiger partial charge in [0.05, 0.1) is 6.10 Å². The molecule has 0 spiro atoms. The van der Waals surface area contributed by atoms with Gasteiger partial charge in [-0.1, -0.05) is 49.7 Å². The van der Waals surface area contributed by atoms with E-state index in [-0.39, 0.29) is 0 Å². The smallest absolute Gasteiger partial charge is 0.0810 e. The summed E-state index contributed by atoms with van der Waals surface area (Å²) in [6.07, 6.45) is 1.21. The average molecular weight is 241 g/mol. The van der Waals surface area contributed by atoms with Gasteiger partial charge < -0.3 is 10.8 Å². The Hall–Kier alpha value is -1.80. The molecule has 2 aromatic rings. The molecule has 94 valence electrons. The van der Waals surface area contributed by atoms with Crippen LogP contribution in [0, 0.1) is 0 Å². The Morgan fingerprint density at radius 3 is 2.44 bits per heavy atom. The predicted molar refractivity (Wildman–Crippen MR) is 76.2 cm³/mol. The molecule has 0 aliphatic carbocycles. The van der Waals surface area contributed by atoms with Crippen LogP contribution in [0.1, 0.15) is 31.4 Å². The predicted octanol–water partition coefficient (Wildman–Crippen LogP) is 3.77. The Bertz CT molecular complexity index is 508. The van der Waals surface area contributed by atoms with Gasteiger partial charge in [-0.3, -0.25) is 0 Å². The number of aliphatic hydroxyl groups is 1. The molecule has 0 bridgehead atoms. The van der Waals surface area contributed by atoms with Crippen molar-refractivity contribution in [1.29, 1.82) is 0 Å². The fraction of sp³-hybridized carbons (Fsp3) is 0.250. The molecular formula is C16H19NO. The molecule has 2 rings (SSSR count). The van der Waals surface area contributed by atoms with Crippen molar-refractivity contribution in [3.63, 3.8) is 0 Å². The van der Waals surface area contributed by atoms with Gasteiger partial charge in [0.15, 0.2) is 0 Å². The normalized spacial score (nSPS) is 12.3. The Morgan fingerprint density at radius 2 is 1.78 bits per heavy atom. The van der Waals surface area contributed by atoms with Crippen LogP contribution in [0.15, 0.2) is 48.5 Å². The molecule has 1 atom stereocenters. The molecule has 0 fully saturated rings. The molecule has 0 saturated heterocycles. The minimum atomic E-state index is -0.473. The first-order valence-corrected chi connectivity index (χ1v) is 6.35. The van der Waals surface area contributed by atoms with Gasteiger partial charge in [0.1, 0.15) is 0 Å². The first-order valence-electron chi connectivity index (χ1n) is 6.35. The van der Waals surface area contributed by atoms with E-state index in [1.54, 1.807) is 0 Å². The lowest BCUT2D eigenvalue weighted by atomic mass is 9.97. The number of benzene rings is 2. The summed E-state index contributed by atoms with van der Waals surface area (Å²) in [4.78, 5) is 0. The number of nitrogens with two attached hydrogens (primary N) is 1. The summed E-state index contributed by atoms with van der Waals surface area (Å²) in [5.41, 5.74) is 9.67. The van der Waals surface area contributed by atoms with Crippen molar-refractivity contribution >= 4 is 5.69 Å². The molecule has 0 aliphatic heterocycles. The first kappa shape index (κ1) is 12.7. The lowest BCUT2D eigenvalue weighted by molar-refractivity contribution is 0.167. The van der Waals surface area contributed by atoms with Crippen molar-refractivity contribution < 1.29 is 5.11 Å². The summed E-state index contributed by atoms with van der Waals surface area (Å²) < 4.78 is 0. The largest absolute Gasteiger partial charge is 0.398 e. The van der Waals surface area contributed by atoms with Crippen molar-refractivity contribution in [3.8, 4) is 11.1 Å². The van der Waals surface area contributed by atoms with Gasteiger partial charge >= 0.3 is 0 Å². The Kier molecular flexibility index (Phi) is 4.00. The highest BCUT2D eigenvalue weighted by molar-refractivity contribution is 5.68. The molecule has 0 saturated carbocycles. The lowest BCUT2D eigenvalue weighted by Gasteiger charge is -2.14. The standard InChI is InChI=1S/C16H19NO/c1-2-6-16(18)14-11-13(9-10-15(14)17)12-7-4-3-5-8-12/h3-5,7-11,16,18H,2,6,17H2,1H3. The van der Waals surface area contributed by atoms with Gasteiger partial charge in [0.2, 0.25) is 0 Å². The third kappa shape index (κ3) is 2.71. The van der Waals surface area contributed by atoms with Gasteiger partial charge in [0, 0.05) is 11.3 Å². The molecule has 0 aromatic heterocycles. The zero-order valence-corrected chi connectivity index (χ0v) is 10.6. The van der Waals surface area contributed by atoms with Crippen molar-refractivity contribution in [3.05, 3.63) is 54.1 Å². The monoisotopic (exact) mass is 241 g/mol. The molecule has 2 nitrogen and oxygen atoms in total. The minimum Gasteiger partial charge on any atom is -0.398 e. The van der Waals surface area contributed by atoms with E-state index in [1.165, 1.54) is 0 Å². The fourth-order valence-corrected chi connectivity index (χ4v) is 2.10. The van der Waals surface area contributed by atoms with Crippen molar-refractivity contribution in [2.45, 2.75) is 25.9 Å². The van der Waals surface area contributed by atoms with Crippen LogP contribution >= 0.6 is 0 Å². The van der Waals surface area contributed by atoms with E-state index in [0.717, 1.165) is 29.5 Å². The second-order valence-corrected chi connectivity index (χ2v) is 4.51. The number of hydrogen-bond donors (Lipinski definition) is 2. The van der Waals surface area contributed by atoms with Gasteiger partial charge in [-0.2, -0.15) is 0 Å². The van der Waals surface area contributed by atoms with Crippen LogP contribution in [0.4, 0.5) is 5.69 Å². The molecule has 0 amide bonds. The van der Waals surface area contributed by atoms with E-state index in [0.29, 0.717) is 5.69 Å². The molecule has 2 aromatic carbocycles. The number of anilines is 1. The van der Waals surface area contributed by atoms with Crippen molar-refractivity contribution in [1.82, 2.24) is 0 Å². The fourth-order valence-electron chi connectivity index (χ4n) is 2.10. The molecule has 2 heteroatoms. The highest BCUT2D eigenvalue weighted by atomic mass is 16.3. The minimum absolute atomic E-state index is 0.473. The summed E-state index contributed by atoms with van der Waals surface area (Å²) in [6, 6.07) is 16.0. The Morgan fingerprint density at radius 1 is 1.06 bits per heavy atom. The highest BCUT2D eigenvalue weighted by Crippen LogP contribution is 2.29. The van der Waals surface area contributed by atoms with Crippen LogP contribution < -0.4 is 5.73 Å². The summed E-state index contributed by atoms with van der Waals surface area (Å²) in [6.45, 7) is 2.06. The second kappa shape index (κ2) is 5.69. The summed E-state index contributed by atoms with van der Waals surface area (Å²) >= 11 is 0. The zero-order chi connectivity index (χ0) is 13.0. The molecule has 1 unspecified atom stereocenters. The molecule has 0 aliphatic rings. The third-order valence-electron chi connectivity index (χ3n) is 3.12. The summed E-state index contributed by atoms with van der Waals surface area (Å²) in [5, 5.41) is 10.1. The van der Waals surface area contributed by atoms with Crippen LogP contribution in [0.3, 0.4) is 0 Å². The van der Waals surface area contributed by atoms with Crippen molar-refractivity contribution in [2.24, 2.45) is 0 Å². The Balaban J connectivity index is 2.38. The molecule has 18 heavy (non-hydrogen) atoms. The maximum absolute atomic E-state index is 10.1. The molecule has 0 radical (unpaired) electrons. The van der Waals surface area contributed by atoms with Gasteiger partial charge in [0.25, 0.3) is 0 Å². The van der Waals surface area contributed by atoms with E-state index in [1.807, 2.05) is 36.4 Å². The maximum Gasteiger partial charge on any atom is 0.0810 e. The number of nitrogen functional groups attached to an aromatic ring is 1. The Labute approximate surface area is 108 Å². The second-order valence-electron chi connectivity index (χ2n) is 4.51. The van der Waals surface area contributed by atoms with Crippen LogP contribution in [0.25, 0.3) is 11.1 Å². The average Bonchev–Trinajstić information content (AvgIpc) is 2.40. The van der Waals surface area contributed by atoms with Gasteiger partial charge in [-0.05, 0) is 29.7 Å². The molecular weight excluding hydrogens is 222 g/mol. The van der Waals surface area contributed by atoms with Gasteiger partial charge in [-0.25, -0.2) is 0 Å². The lowest BCUT2D eigenvalue weighted by Crippen LogP contribution is -2.02. The number of hydrogen-bond acceptors (Lipinski definition) is 2. The topological polar surface area (TPSA) is 46.2 Å². The van der Waals surface area contributed by atoms with E-state index < -0.39 is 6.10 Å². The van der Waals surface area contributed by atoms with E-state index in [9.17, 15) is 5.11 Å². The molecule has 3 N–H and O–H groups in total. The quantitative estimate of drug-likeness (QED) is 0.800. The summed E-state index contributed by atoms with van der Waals surface area (Å²) in [5.74, 6) is 0. The third-order valence-corrected chi connectivity index (χ3v) is 3.12. The van der Waals surface area contributed by atoms with E-state index >= 15 is 0 Å². The van der Waals surface area contributed by atoms with E-state index in [4.69, 9.17) is 5.73 Å². The number of aliphatic hydroxyl groups excluding tert-OH is 1. The SMILES string of the molecule is CCCC(O)c1cc(-c2ccccc2)ccc1N. The van der Waals surface area contributed by atoms with Gasteiger partial charge in [-0.15, -0.1) is 0 Å². The highest BCUT2D eigenvalue weighted by Gasteiger charge is 2.11. The van der Waals surface area contributed by atoms with Crippen LogP contribution in [0.2, 0.25) is 0 Å².